The van der Waals surface area contributed by atoms with Gasteiger partial charge >= 0.3 is 6.03 Å². The molecule has 0 saturated heterocycles. The van der Waals surface area contributed by atoms with Crippen LogP contribution in [-0.4, -0.2) is 24.2 Å². The van der Waals surface area contributed by atoms with E-state index in [4.69, 9.17) is 23.2 Å². The Kier molecular flexibility index (Phi) is 6.42. The summed E-state index contributed by atoms with van der Waals surface area (Å²) >= 11 is 11.9. The fraction of sp³-hybridized carbons (Fsp3) is 0.462. The molecule has 3 N–H and O–H groups in total. The summed E-state index contributed by atoms with van der Waals surface area (Å²) in [6.45, 7) is 4.62. The molecule has 0 aliphatic rings. The highest BCUT2D eigenvalue weighted by Gasteiger charge is 2.16. The molecule has 0 aromatic heterocycles. The average molecular weight is 305 g/mol. The van der Waals surface area contributed by atoms with Crippen molar-refractivity contribution in [1.29, 1.82) is 0 Å². The van der Waals surface area contributed by atoms with Gasteiger partial charge in [-0.3, -0.25) is 0 Å². The molecule has 1 rings (SSSR count). The molecule has 0 saturated carbocycles. The van der Waals surface area contributed by atoms with Crippen molar-refractivity contribution in [3.05, 3.63) is 33.8 Å². The lowest BCUT2D eigenvalue weighted by Crippen LogP contribution is -2.39. The number of rotatable bonds is 5. The lowest BCUT2D eigenvalue weighted by molar-refractivity contribution is 0.173. The summed E-state index contributed by atoms with van der Waals surface area (Å²) in [7, 11) is 0. The van der Waals surface area contributed by atoms with Crippen molar-refractivity contribution in [2.24, 2.45) is 5.92 Å². The maximum atomic E-state index is 11.5. The number of hydrogen-bond acceptors (Lipinski definition) is 2. The standard InChI is InChI=1S/C13H18Cl2N2O2/c1-8(2)6-16-13(19)17-7-11(18)12-9(14)4-3-5-10(12)15/h3-5,8,11,18H,6-7H2,1-2H3,(H2,16,17,19). The van der Waals surface area contributed by atoms with Gasteiger partial charge in [-0.2, -0.15) is 0 Å². The van der Waals surface area contributed by atoms with E-state index in [9.17, 15) is 9.90 Å². The SMILES string of the molecule is CC(C)CNC(=O)NCC(O)c1c(Cl)cccc1Cl. The first-order valence-electron chi connectivity index (χ1n) is 6.05. The smallest absolute Gasteiger partial charge is 0.314 e. The summed E-state index contributed by atoms with van der Waals surface area (Å²) in [5.74, 6) is 0.369. The molecule has 0 heterocycles. The van der Waals surface area contributed by atoms with E-state index in [1.807, 2.05) is 13.8 Å². The Hall–Kier alpha value is -0.970. The van der Waals surface area contributed by atoms with E-state index in [2.05, 4.69) is 10.6 Å². The molecule has 1 aromatic rings. The molecule has 0 bridgehead atoms. The Balaban J connectivity index is 2.51. The van der Waals surface area contributed by atoms with Crippen molar-refractivity contribution in [1.82, 2.24) is 10.6 Å². The number of hydrogen-bond donors (Lipinski definition) is 3. The van der Waals surface area contributed by atoms with E-state index in [0.29, 0.717) is 28.1 Å². The van der Waals surface area contributed by atoms with E-state index in [1.165, 1.54) is 0 Å². The molecule has 0 spiro atoms. The molecular formula is C13H18Cl2N2O2. The number of aliphatic hydroxyl groups is 1. The Bertz CT molecular complexity index is 418. The van der Waals surface area contributed by atoms with Crippen LogP contribution < -0.4 is 10.6 Å². The lowest BCUT2D eigenvalue weighted by Gasteiger charge is -2.16. The van der Waals surface area contributed by atoms with Crippen LogP contribution in [0.1, 0.15) is 25.5 Å². The molecule has 1 aromatic carbocycles. The second-order valence-corrected chi connectivity index (χ2v) is 5.45. The Morgan fingerprint density at radius 1 is 1.21 bits per heavy atom. The minimum absolute atomic E-state index is 0.0490. The summed E-state index contributed by atoms with van der Waals surface area (Å²) < 4.78 is 0. The molecule has 106 valence electrons. The minimum atomic E-state index is -0.939. The molecule has 1 atom stereocenters. The van der Waals surface area contributed by atoms with E-state index in [1.54, 1.807) is 18.2 Å². The molecular weight excluding hydrogens is 287 g/mol. The van der Waals surface area contributed by atoms with Crippen LogP contribution in [0.5, 0.6) is 0 Å². The van der Waals surface area contributed by atoms with Gasteiger partial charge in [0.1, 0.15) is 0 Å². The number of benzene rings is 1. The highest BCUT2D eigenvalue weighted by atomic mass is 35.5. The van der Waals surface area contributed by atoms with Crippen LogP contribution in [0.3, 0.4) is 0 Å². The van der Waals surface area contributed by atoms with Gasteiger partial charge in [-0.15, -0.1) is 0 Å². The van der Waals surface area contributed by atoms with Crippen LogP contribution in [-0.2, 0) is 0 Å². The fourth-order valence-corrected chi connectivity index (χ4v) is 2.13. The topological polar surface area (TPSA) is 61.4 Å². The number of amides is 2. The molecule has 6 heteroatoms. The first-order valence-corrected chi connectivity index (χ1v) is 6.81. The van der Waals surface area contributed by atoms with Crippen LogP contribution in [0.2, 0.25) is 10.0 Å². The minimum Gasteiger partial charge on any atom is -0.386 e. The number of nitrogens with one attached hydrogen (secondary N) is 2. The van der Waals surface area contributed by atoms with Crippen molar-refractivity contribution in [3.63, 3.8) is 0 Å². The first kappa shape index (κ1) is 16.1. The molecule has 4 nitrogen and oxygen atoms in total. The third-order valence-corrected chi connectivity index (χ3v) is 3.12. The van der Waals surface area contributed by atoms with Gasteiger partial charge in [0.25, 0.3) is 0 Å². The second-order valence-electron chi connectivity index (χ2n) is 4.64. The molecule has 0 fully saturated rings. The molecule has 0 radical (unpaired) electrons. The second kappa shape index (κ2) is 7.58. The maximum absolute atomic E-state index is 11.5. The predicted molar refractivity (Wildman–Crippen MR) is 77.7 cm³/mol. The quantitative estimate of drug-likeness (QED) is 0.783. The summed E-state index contributed by atoms with van der Waals surface area (Å²) in [6, 6.07) is 4.66. The van der Waals surface area contributed by atoms with Gasteiger partial charge in [0, 0.05) is 28.7 Å². The van der Waals surface area contributed by atoms with Crippen LogP contribution in [0.15, 0.2) is 18.2 Å². The normalized spacial score (nSPS) is 12.3. The predicted octanol–water partition coefficient (Wildman–Crippen LogP) is 2.98. The fourth-order valence-electron chi connectivity index (χ4n) is 1.48. The van der Waals surface area contributed by atoms with Crippen molar-refractivity contribution in [3.8, 4) is 0 Å². The highest BCUT2D eigenvalue weighted by molar-refractivity contribution is 6.36. The van der Waals surface area contributed by atoms with Gasteiger partial charge in [0.2, 0.25) is 0 Å². The van der Waals surface area contributed by atoms with Gasteiger partial charge in [0.05, 0.1) is 6.10 Å². The van der Waals surface area contributed by atoms with Crippen LogP contribution in [0, 0.1) is 5.92 Å². The largest absolute Gasteiger partial charge is 0.386 e. The molecule has 0 aliphatic carbocycles. The van der Waals surface area contributed by atoms with Crippen LogP contribution >= 0.6 is 23.2 Å². The number of urea groups is 1. The molecule has 1 unspecified atom stereocenters. The van der Waals surface area contributed by atoms with Crippen LogP contribution in [0.25, 0.3) is 0 Å². The Morgan fingerprint density at radius 3 is 2.26 bits per heavy atom. The maximum Gasteiger partial charge on any atom is 0.314 e. The highest BCUT2D eigenvalue weighted by Crippen LogP contribution is 2.29. The molecule has 0 aliphatic heterocycles. The zero-order valence-electron chi connectivity index (χ0n) is 10.9. The summed E-state index contributed by atoms with van der Waals surface area (Å²) in [5, 5.41) is 16.0. The Morgan fingerprint density at radius 2 is 1.74 bits per heavy atom. The number of carbonyl (C=O) groups excluding carboxylic acids is 1. The average Bonchev–Trinajstić information content (AvgIpc) is 2.33. The Labute approximate surface area is 123 Å². The lowest BCUT2D eigenvalue weighted by atomic mass is 10.1. The van der Waals surface area contributed by atoms with Gasteiger partial charge < -0.3 is 15.7 Å². The summed E-state index contributed by atoms with van der Waals surface area (Å²) in [4.78, 5) is 11.5. The number of halogens is 2. The van der Waals surface area contributed by atoms with E-state index < -0.39 is 6.10 Å². The number of aliphatic hydroxyl groups excluding tert-OH is 1. The summed E-state index contributed by atoms with van der Waals surface area (Å²) in [5.41, 5.74) is 0.426. The van der Waals surface area contributed by atoms with Gasteiger partial charge in [-0.1, -0.05) is 43.1 Å². The van der Waals surface area contributed by atoms with Gasteiger partial charge in [-0.05, 0) is 18.1 Å². The third-order valence-electron chi connectivity index (χ3n) is 2.46. The van der Waals surface area contributed by atoms with Crippen molar-refractivity contribution >= 4 is 29.2 Å². The third kappa shape index (κ3) is 5.27. The first-order chi connectivity index (χ1) is 8.91. The van der Waals surface area contributed by atoms with Crippen molar-refractivity contribution in [2.45, 2.75) is 20.0 Å². The molecule has 19 heavy (non-hydrogen) atoms. The van der Waals surface area contributed by atoms with Gasteiger partial charge in [-0.25, -0.2) is 4.79 Å². The van der Waals surface area contributed by atoms with Crippen molar-refractivity contribution < 1.29 is 9.90 Å². The van der Waals surface area contributed by atoms with E-state index >= 15 is 0 Å². The van der Waals surface area contributed by atoms with Gasteiger partial charge in [0.15, 0.2) is 0 Å². The van der Waals surface area contributed by atoms with Crippen LogP contribution in [0.4, 0.5) is 4.79 Å². The van der Waals surface area contributed by atoms with Crippen molar-refractivity contribution in [2.75, 3.05) is 13.1 Å². The zero-order chi connectivity index (χ0) is 14.4. The summed E-state index contributed by atoms with van der Waals surface area (Å²) in [6.07, 6.45) is -0.939. The number of carbonyl (C=O) groups is 1. The zero-order valence-corrected chi connectivity index (χ0v) is 12.4. The molecule has 2 amide bonds. The van der Waals surface area contributed by atoms with E-state index in [-0.39, 0.29) is 12.6 Å². The van der Waals surface area contributed by atoms with E-state index in [0.717, 1.165) is 0 Å². The monoisotopic (exact) mass is 304 g/mol.